The van der Waals surface area contributed by atoms with Crippen LogP contribution in [0.25, 0.3) is 0 Å². The minimum atomic E-state index is -0.559. The van der Waals surface area contributed by atoms with Crippen molar-refractivity contribution in [2.45, 2.75) is 26.8 Å². The first kappa shape index (κ1) is 14.0. The fraction of sp³-hybridized carbons (Fsp3) is 0.417. The Morgan fingerprint density at radius 3 is 2.50 bits per heavy atom. The van der Waals surface area contributed by atoms with Crippen LogP contribution in [-0.4, -0.2) is 24.0 Å². The Bertz CT molecular complexity index is 485. The molecule has 1 aromatic carbocycles. The maximum Gasteiger partial charge on any atom is 0.327 e. The number of methoxy groups -OCH3 is 1. The second-order valence-electron chi connectivity index (χ2n) is 4.10. The van der Waals surface area contributed by atoms with E-state index in [1.54, 1.807) is 19.9 Å². The molecule has 0 bridgehead atoms. The van der Waals surface area contributed by atoms with Crippen LogP contribution in [-0.2, 0) is 9.53 Å². The van der Waals surface area contributed by atoms with E-state index in [1.807, 2.05) is 6.92 Å². The van der Waals surface area contributed by atoms with Gasteiger partial charge in [-0.1, -0.05) is 0 Å². The van der Waals surface area contributed by atoms with Gasteiger partial charge in [0.1, 0.15) is 6.04 Å². The standard InChI is InChI=1S/C12H16N2O4/c1-7-5-8(2)11(14(16)17)6-10(7)13-9(3)12(15)18-4/h5-6,9,13H,1-4H3. The van der Waals surface area contributed by atoms with Crippen LogP contribution in [0.2, 0.25) is 0 Å². The first-order chi connectivity index (χ1) is 8.36. The monoisotopic (exact) mass is 252 g/mol. The molecule has 0 saturated carbocycles. The highest BCUT2D eigenvalue weighted by Crippen LogP contribution is 2.26. The van der Waals surface area contributed by atoms with Crippen LogP contribution in [0.3, 0.4) is 0 Å². The van der Waals surface area contributed by atoms with Gasteiger partial charge in [0.15, 0.2) is 0 Å². The Balaban J connectivity index is 3.06. The van der Waals surface area contributed by atoms with Gasteiger partial charge in [0.25, 0.3) is 5.69 Å². The zero-order valence-corrected chi connectivity index (χ0v) is 10.8. The van der Waals surface area contributed by atoms with E-state index < -0.39 is 16.9 Å². The van der Waals surface area contributed by atoms with Crippen LogP contribution in [0.1, 0.15) is 18.1 Å². The second-order valence-corrected chi connectivity index (χ2v) is 4.10. The summed E-state index contributed by atoms with van der Waals surface area (Å²) in [6.45, 7) is 5.14. The highest BCUT2D eigenvalue weighted by molar-refractivity contribution is 5.79. The number of anilines is 1. The van der Waals surface area contributed by atoms with Crippen molar-refractivity contribution >= 4 is 17.3 Å². The second kappa shape index (κ2) is 5.48. The Kier molecular flexibility index (Phi) is 4.25. The van der Waals surface area contributed by atoms with E-state index in [-0.39, 0.29) is 5.69 Å². The van der Waals surface area contributed by atoms with Gasteiger partial charge in [-0.15, -0.1) is 0 Å². The lowest BCUT2D eigenvalue weighted by atomic mass is 10.1. The molecular formula is C12H16N2O4. The number of hydrogen-bond donors (Lipinski definition) is 1. The Hall–Kier alpha value is -2.11. The third-order valence-corrected chi connectivity index (χ3v) is 2.67. The molecule has 0 amide bonds. The van der Waals surface area contributed by atoms with Gasteiger partial charge >= 0.3 is 5.97 Å². The van der Waals surface area contributed by atoms with Crippen LogP contribution < -0.4 is 5.32 Å². The van der Waals surface area contributed by atoms with Crippen molar-refractivity contribution in [2.24, 2.45) is 0 Å². The van der Waals surface area contributed by atoms with Gasteiger partial charge in [-0.05, 0) is 32.4 Å². The molecule has 1 N–H and O–H groups in total. The van der Waals surface area contributed by atoms with Crippen LogP contribution in [0.4, 0.5) is 11.4 Å². The SMILES string of the molecule is COC(=O)C(C)Nc1cc([N+](=O)[O-])c(C)cc1C. The maximum atomic E-state index is 11.3. The average molecular weight is 252 g/mol. The number of carbonyl (C=O) groups excluding carboxylic acids is 1. The van der Waals surface area contributed by atoms with E-state index in [9.17, 15) is 14.9 Å². The normalized spacial score (nSPS) is 11.8. The molecule has 18 heavy (non-hydrogen) atoms. The van der Waals surface area contributed by atoms with Crippen molar-refractivity contribution in [3.63, 3.8) is 0 Å². The minimum absolute atomic E-state index is 0.0279. The fourth-order valence-corrected chi connectivity index (χ4v) is 1.66. The number of carbonyl (C=O) groups is 1. The van der Waals surface area contributed by atoms with Crippen molar-refractivity contribution in [2.75, 3.05) is 12.4 Å². The molecule has 98 valence electrons. The predicted octanol–water partition coefficient (Wildman–Crippen LogP) is 2.19. The van der Waals surface area contributed by atoms with Crippen molar-refractivity contribution in [1.29, 1.82) is 0 Å². The van der Waals surface area contributed by atoms with E-state index in [0.29, 0.717) is 11.3 Å². The van der Waals surface area contributed by atoms with Gasteiger partial charge < -0.3 is 10.1 Å². The van der Waals surface area contributed by atoms with Crippen LogP contribution in [0.5, 0.6) is 0 Å². The zero-order chi connectivity index (χ0) is 13.9. The molecule has 0 aliphatic heterocycles. The summed E-state index contributed by atoms with van der Waals surface area (Å²) in [5.74, 6) is -0.419. The first-order valence-corrected chi connectivity index (χ1v) is 5.46. The summed E-state index contributed by atoms with van der Waals surface area (Å²) in [6.07, 6.45) is 0. The molecule has 0 spiro atoms. The zero-order valence-electron chi connectivity index (χ0n) is 10.8. The fourth-order valence-electron chi connectivity index (χ4n) is 1.66. The molecule has 0 radical (unpaired) electrons. The van der Waals surface area contributed by atoms with E-state index >= 15 is 0 Å². The number of nitro benzene ring substituents is 1. The van der Waals surface area contributed by atoms with Gasteiger partial charge in [-0.25, -0.2) is 4.79 Å². The van der Waals surface area contributed by atoms with E-state index in [4.69, 9.17) is 0 Å². The summed E-state index contributed by atoms with van der Waals surface area (Å²) in [4.78, 5) is 21.7. The van der Waals surface area contributed by atoms with Crippen molar-refractivity contribution in [1.82, 2.24) is 0 Å². The maximum absolute atomic E-state index is 11.3. The van der Waals surface area contributed by atoms with Crippen molar-refractivity contribution in [3.8, 4) is 0 Å². The van der Waals surface area contributed by atoms with Crippen LogP contribution in [0.15, 0.2) is 12.1 Å². The van der Waals surface area contributed by atoms with Gasteiger partial charge in [-0.2, -0.15) is 0 Å². The number of aryl methyl sites for hydroxylation is 2. The number of nitrogens with one attached hydrogen (secondary N) is 1. The summed E-state index contributed by atoms with van der Waals surface area (Å²) in [7, 11) is 1.30. The van der Waals surface area contributed by atoms with Gasteiger partial charge in [0.2, 0.25) is 0 Å². The lowest BCUT2D eigenvalue weighted by molar-refractivity contribution is -0.385. The number of ether oxygens (including phenoxy) is 1. The quantitative estimate of drug-likeness (QED) is 0.504. The van der Waals surface area contributed by atoms with Gasteiger partial charge in [0, 0.05) is 17.3 Å². The Labute approximate surface area is 105 Å². The highest BCUT2D eigenvalue weighted by atomic mass is 16.6. The van der Waals surface area contributed by atoms with E-state index in [2.05, 4.69) is 10.1 Å². The van der Waals surface area contributed by atoms with Crippen LogP contribution >= 0.6 is 0 Å². The molecular weight excluding hydrogens is 236 g/mol. The molecule has 6 heteroatoms. The molecule has 1 atom stereocenters. The molecule has 0 aromatic heterocycles. The average Bonchev–Trinajstić information content (AvgIpc) is 2.30. The number of nitro groups is 1. The number of benzene rings is 1. The molecule has 1 unspecified atom stereocenters. The molecule has 1 rings (SSSR count). The summed E-state index contributed by atoms with van der Waals surface area (Å²) in [5, 5.41) is 13.8. The molecule has 0 aliphatic carbocycles. The molecule has 1 aromatic rings. The van der Waals surface area contributed by atoms with Crippen LogP contribution in [0, 0.1) is 24.0 Å². The highest BCUT2D eigenvalue weighted by Gasteiger charge is 2.17. The smallest absolute Gasteiger partial charge is 0.327 e. The summed E-state index contributed by atoms with van der Waals surface area (Å²) >= 11 is 0. The predicted molar refractivity (Wildman–Crippen MR) is 67.7 cm³/mol. The molecule has 0 heterocycles. The topological polar surface area (TPSA) is 81.5 Å². The molecule has 0 fully saturated rings. The number of nitrogens with zero attached hydrogens (tertiary/aromatic N) is 1. The summed E-state index contributed by atoms with van der Waals surface area (Å²) < 4.78 is 4.59. The lowest BCUT2D eigenvalue weighted by Crippen LogP contribution is -2.27. The number of hydrogen-bond acceptors (Lipinski definition) is 5. The van der Waals surface area contributed by atoms with Crippen molar-refractivity contribution < 1.29 is 14.5 Å². The Morgan fingerprint density at radius 2 is 2.00 bits per heavy atom. The molecule has 6 nitrogen and oxygen atoms in total. The summed E-state index contributed by atoms with van der Waals surface area (Å²) in [6, 6.07) is 2.59. The third-order valence-electron chi connectivity index (χ3n) is 2.67. The van der Waals surface area contributed by atoms with E-state index in [1.165, 1.54) is 13.2 Å². The lowest BCUT2D eigenvalue weighted by Gasteiger charge is -2.15. The summed E-state index contributed by atoms with van der Waals surface area (Å²) in [5.41, 5.74) is 2.02. The Morgan fingerprint density at radius 1 is 1.39 bits per heavy atom. The number of esters is 1. The molecule has 0 aliphatic rings. The van der Waals surface area contributed by atoms with Gasteiger partial charge in [0.05, 0.1) is 12.0 Å². The third kappa shape index (κ3) is 2.97. The first-order valence-electron chi connectivity index (χ1n) is 5.46. The largest absolute Gasteiger partial charge is 0.467 e. The molecule has 0 saturated heterocycles. The minimum Gasteiger partial charge on any atom is -0.467 e. The van der Waals surface area contributed by atoms with E-state index in [0.717, 1.165) is 5.56 Å². The van der Waals surface area contributed by atoms with Gasteiger partial charge in [-0.3, -0.25) is 10.1 Å². The van der Waals surface area contributed by atoms with Crippen molar-refractivity contribution in [3.05, 3.63) is 33.4 Å². The number of rotatable bonds is 4.